The van der Waals surface area contributed by atoms with Gasteiger partial charge in [0.1, 0.15) is 11.8 Å². The predicted molar refractivity (Wildman–Crippen MR) is 73.1 cm³/mol. The normalized spacial score (nSPS) is 10.4. The zero-order valence-electron chi connectivity index (χ0n) is 10.1. The van der Waals surface area contributed by atoms with Crippen LogP contribution in [0.3, 0.4) is 0 Å². The van der Waals surface area contributed by atoms with Crippen LogP contribution in [0.25, 0.3) is 21.9 Å². The van der Waals surface area contributed by atoms with E-state index in [4.69, 9.17) is 5.26 Å². The molecule has 0 spiro atoms. The highest BCUT2D eigenvalue weighted by atomic mass is 14.9. The fourth-order valence-electron chi connectivity index (χ4n) is 2.20. The van der Waals surface area contributed by atoms with Crippen LogP contribution in [-0.4, -0.2) is 4.57 Å². The number of hydrogen-bond acceptors (Lipinski definition) is 1. The van der Waals surface area contributed by atoms with E-state index in [9.17, 15) is 0 Å². The van der Waals surface area contributed by atoms with Crippen molar-refractivity contribution in [2.45, 2.75) is 0 Å². The molecule has 18 heavy (non-hydrogen) atoms. The van der Waals surface area contributed by atoms with Crippen LogP contribution in [0.4, 0.5) is 0 Å². The maximum absolute atomic E-state index is 8.98. The molecule has 1 heterocycles. The van der Waals surface area contributed by atoms with Crippen LogP contribution in [0, 0.1) is 11.3 Å². The first-order valence-corrected chi connectivity index (χ1v) is 5.83. The van der Waals surface area contributed by atoms with Crippen molar-refractivity contribution < 1.29 is 0 Å². The lowest BCUT2D eigenvalue weighted by molar-refractivity contribution is 0.909. The Balaban J connectivity index is 2.16. The molecular formula is C16H12N2. The minimum absolute atomic E-state index is 0.679. The Morgan fingerprint density at radius 3 is 2.44 bits per heavy atom. The summed E-state index contributed by atoms with van der Waals surface area (Å²) < 4.78 is 1.85. The molecule has 0 saturated heterocycles. The van der Waals surface area contributed by atoms with Gasteiger partial charge in [-0.3, -0.25) is 0 Å². The van der Waals surface area contributed by atoms with Crippen molar-refractivity contribution in [1.82, 2.24) is 4.57 Å². The van der Waals surface area contributed by atoms with Crippen molar-refractivity contribution in [3.63, 3.8) is 0 Å². The van der Waals surface area contributed by atoms with Crippen molar-refractivity contribution in [3.05, 3.63) is 60.4 Å². The standard InChI is InChI=1S/C16H12N2/c1-18-11-15(9-16(18)10-17)14-7-6-12-4-2-3-5-13(12)8-14/h2-9,11H,1H3. The van der Waals surface area contributed by atoms with Gasteiger partial charge in [-0.2, -0.15) is 5.26 Å². The first kappa shape index (κ1) is 10.6. The fraction of sp³-hybridized carbons (Fsp3) is 0.0625. The van der Waals surface area contributed by atoms with Gasteiger partial charge in [0.2, 0.25) is 0 Å². The van der Waals surface area contributed by atoms with E-state index in [1.54, 1.807) is 0 Å². The number of aromatic nitrogens is 1. The van der Waals surface area contributed by atoms with Crippen molar-refractivity contribution in [3.8, 4) is 17.2 Å². The lowest BCUT2D eigenvalue weighted by Crippen LogP contribution is -1.86. The first-order chi connectivity index (χ1) is 8.78. The highest BCUT2D eigenvalue weighted by Gasteiger charge is 2.05. The van der Waals surface area contributed by atoms with Crippen LogP contribution >= 0.6 is 0 Å². The summed E-state index contributed by atoms with van der Waals surface area (Å²) in [5, 5.41) is 11.4. The Morgan fingerprint density at radius 2 is 1.72 bits per heavy atom. The van der Waals surface area contributed by atoms with Gasteiger partial charge in [-0.05, 0) is 28.5 Å². The Labute approximate surface area is 106 Å². The third kappa shape index (κ3) is 1.66. The van der Waals surface area contributed by atoms with Crippen LogP contribution in [0.2, 0.25) is 0 Å². The molecule has 0 radical (unpaired) electrons. The largest absolute Gasteiger partial charge is 0.342 e. The molecule has 0 aliphatic rings. The number of benzene rings is 2. The number of aryl methyl sites for hydroxylation is 1. The highest BCUT2D eigenvalue weighted by Crippen LogP contribution is 2.25. The molecule has 0 fully saturated rings. The summed E-state index contributed by atoms with van der Waals surface area (Å²) in [6.45, 7) is 0. The number of nitriles is 1. The Kier molecular flexibility index (Phi) is 2.39. The summed E-state index contributed by atoms with van der Waals surface area (Å²) >= 11 is 0. The molecule has 0 amide bonds. The molecule has 1 aromatic heterocycles. The van der Waals surface area contributed by atoms with E-state index >= 15 is 0 Å². The van der Waals surface area contributed by atoms with Crippen molar-refractivity contribution >= 4 is 10.8 Å². The number of hydrogen-bond donors (Lipinski definition) is 0. The lowest BCUT2D eigenvalue weighted by Gasteiger charge is -2.01. The van der Waals surface area contributed by atoms with E-state index in [1.165, 1.54) is 10.8 Å². The van der Waals surface area contributed by atoms with Gasteiger partial charge in [-0.25, -0.2) is 0 Å². The topological polar surface area (TPSA) is 28.7 Å². The minimum atomic E-state index is 0.679. The lowest BCUT2D eigenvalue weighted by atomic mass is 10.0. The van der Waals surface area contributed by atoms with Crippen molar-refractivity contribution in [1.29, 1.82) is 5.26 Å². The second-order valence-corrected chi connectivity index (χ2v) is 4.40. The molecule has 0 atom stereocenters. The van der Waals surface area contributed by atoms with E-state index in [0.29, 0.717) is 5.69 Å². The summed E-state index contributed by atoms with van der Waals surface area (Å²) in [7, 11) is 1.89. The van der Waals surface area contributed by atoms with Crippen LogP contribution < -0.4 is 0 Å². The molecule has 0 bridgehead atoms. The Morgan fingerprint density at radius 1 is 0.944 bits per heavy atom. The van der Waals surface area contributed by atoms with Crippen LogP contribution in [0.5, 0.6) is 0 Å². The molecule has 2 heteroatoms. The first-order valence-electron chi connectivity index (χ1n) is 5.83. The van der Waals surface area contributed by atoms with Crippen molar-refractivity contribution in [2.24, 2.45) is 7.05 Å². The van der Waals surface area contributed by atoms with E-state index < -0.39 is 0 Å². The average molecular weight is 232 g/mol. The summed E-state index contributed by atoms with van der Waals surface area (Å²) in [6, 6.07) is 18.8. The fourth-order valence-corrected chi connectivity index (χ4v) is 2.20. The smallest absolute Gasteiger partial charge is 0.120 e. The third-order valence-electron chi connectivity index (χ3n) is 3.20. The number of nitrogens with zero attached hydrogens (tertiary/aromatic N) is 2. The van der Waals surface area contributed by atoms with Gasteiger partial charge in [0.05, 0.1) is 0 Å². The highest BCUT2D eigenvalue weighted by molar-refractivity contribution is 5.87. The maximum atomic E-state index is 8.98. The van der Waals surface area contributed by atoms with E-state index in [0.717, 1.165) is 11.1 Å². The Hall–Kier alpha value is -2.53. The zero-order chi connectivity index (χ0) is 12.5. The number of fused-ring (bicyclic) bond motifs is 1. The molecule has 86 valence electrons. The van der Waals surface area contributed by atoms with Crippen LogP contribution in [0.15, 0.2) is 54.7 Å². The van der Waals surface area contributed by atoms with Gasteiger partial charge in [-0.15, -0.1) is 0 Å². The average Bonchev–Trinajstić information content (AvgIpc) is 2.79. The molecular weight excluding hydrogens is 220 g/mol. The second kappa shape index (κ2) is 4.05. The molecule has 0 unspecified atom stereocenters. The molecule has 3 rings (SSSR count). The summed E-state index contributed by atoms with van der Waals surface area (Å²) in [5.41, 5.74) is 2.91. The van der Waals surface area contributed by atoms with E-state index in [-0.39, 0.29) is 0 Å². The number of rotatable bonds is 1. The van der Waals surface area contributed by atoms with Gasteiger partial charge >= 0.3 is 0 Å². The SMILES string of the molecule is Cn1cc(-c2ccc3ccccc3c2)cc1C#N. The summed E-state index contributed by atoms with van der Waals surface area (Å²) in [5.74, 6) is 0. The molecule has 0 aliphatic heterocycles. The maximum Gasteiger partial charge on any atom is 0.120 e. The van der Waals surface area contributed by atoms with E-state index in [1.807, 2.05) is 36.0 Å². The summed E-state index contributed by atoms with van der Waals surface area (Å²) in [6.07, 6.45) is 1.99. The third-order valence-corrected chi connectivity index (χ3v) is 3.20. The monoisotopic (exact) mass is 232 g/mol. The van der Waals surface area contributed by atoms with Crippen LogP contribution in [0.1, 0.15) is 5.69 Å². The van der Waals surface area contributed by atoms with Gasteiger partial charge in [-0.1, -0.05) is 36.4 Å². The molecule has 0 N–H and O–H groups in total. The van der Waals surface area contributed by atoms with Crippen LogP contribution in [-0.2, 0) is 7.05 Å². The predicted octanol–water partition coefficient (Wildman–Crippen LogP) is 3.72. The van der Waals surface area contributed by atoms with Gasteiger partial charge in [0.25, 0.3) is 0 Å². The van der Waals surface area contributed by atoms with Gasteiger partial charge < -0.3 is 4.57 Å². The molecule has 3 aromatic rings. The van der Waals surface area contributed by atoms with E-state index in [2.05, 4.69) is 36.4 Å². The minimum Gasteiger partial charge on any atom is -0.342 e. The quantitative estimate of drug-likeness (QED) is 0.628. The molecule has 0 aliphatic carbocycles. The second-order valence-electron chi connectivity index (χ2n) is 4.40. The molecule has 2 aromatic carbocycles. The summed E-state index contributed by atoms with van der Waals surface area (Å²) in [4.78, 5) is 0. The van der Waals surface area contributed by atoms with Gasteiger partial charge in [0, 0.05) is 18.8 Å². The molecule has 0 saturated carbocycles. The zero-order valence-corrected chi connectivity index (χ0v) is 10.1. The Bertz CT molecular complexity index is 760. The molecule has 2 nitrogen and oxygen atoms in total. The van der Waals surface area contributed by atoms with Gasteiger partial charge in [0.15, 0.2) is 0 Å². The van der Waals surface area contributed by atoms with Crippen molar-refractivity contribution in [2.75, 3.05) is 0 Å².